The summed E-state index contributed by atoms with van der Waals surface area (Å²) >= 11 is 11.8. The molecule has 0 aliphatic carbocycles. The molecule has 0 spiro atoms. The molecule has 1 amide bonds. The Morgan fingerprint density at radius 3 is 2.80 bits per heavy atom. The molecule has 0 saturated carbocycles. The van der Waals surface area contributed by atoms with Gasteiger partial charge in [0.15, 0.2) is 0 Å². The molecular weight excluding hydrogens is 303 g/mol. The van der Waals surface area contributed by atoms with E-state index in [0.29, 0.717) is 13.0 Å². The van der Waals surface area contributed by atoms with E-state index >= 15 is 0 Å². The highest BCUT2D eigenvalue weighted by molar-refractivity contribution is 6.34. The van der Waals surface area contributed by atoms with Gasteiger partial charge in [0, 0.05) is 6.54 Å². The standard InChI is InChI=1S/C13H14Cl2N2O3/c1-20-13(19)9-4-2-3-7-17(9)12(18)11-8(14)5-6-10(15)16-11/h5-6,9H,2-4,7H2,1H3/t9-/m1/s1. The minimum absolute atomic E-state index is 0.0648. The fourth-order valence-corrected chi connectivity index (χ4v) is 2.59. The third-order valence-electron chi connectivity index (χ3n) is 3.25. The van der Waals surface area contributed by atoms with E-state index in [-0.39, 0.29) is 15.9 Å². The lowest BCUT2D eigenvalue weighted by Crippen LogP contribution is -2.48. The first-order chi connectivity index (χ1) is 9.54. The normalized spacial score (nSPS) is 18.8. The van der Waals surface area contributed by atoms with Crippen LogP contribution < -0.4 is 0 Å². The monoisotopic (exact) mass is 316 g/mol. The van der Waals surface area contributed by atoms with Gasteiger partial charge in [-0.05, 0) is 31.4 Å². The molecule has 0 N–H and O–H groups in total. The van der Waals surface area contributed by atoms with Gasteiger partial charge in [0.25, 0.3) is 5.91 Å². The lowest BCUT2D eigenvalue weighted by Gasteiger charge is -2.33. The average molecular weight is 317 g/mol. The fourth-order valence-electron chi connectivity index (χ4n) is 2.26. The highest BCUT2D eigenvalue weighted by Gasteiger charge is 2.34. The molecule has 5 nitrogen and oxygen atoms in total. The van der Waals surface area contributed by atoms with Crippen molar-refractivity contribution in [3.63, 3.8) is 0 Å². The van der Waals surface area contributed by atoms with Crippen molar-refractivity contribution in [2.24, 2.45) is 0 Å². The van der Waals surface area contributed by atoms with E-state index in [1.54, 1.807) is 0 Å². The van der Waals surface area contributed by atoms with Gasteiger partial charge in [0.2, 0.25) is 0 Å². The van der Waals surface area contributed by atoms with Gasteiger partial charge in [0.05, 0.1) is 12.1 Å². The van der Waals surface area contributed by atoms with Crippen LogP contribution in [0.3, 0.4) is 0 Å². The lowest BCUT2D eigenvalue weighted by atomic mass is 10.0. The highest BCUT2D eigenvalue weighted by atomic mass is 35.5. The van der Waals surface area contributed by atoms with E-state index in [4.69, 9.17) is 27.9 Å². The maximum atomic E-state index is 12.5. The zero-order chi connectivity index (χ0) is 14.7. The highest BCUT2D eigenvalue weighted by Crippen LogP contribution is 2.24. The van der Waals surface area contributed by atoms with Crippen molar-refractivity contribution in [1.29, 1.82) is 0 Å². The van der Waals surface area contributed by atoms with E-state index in [1.165, 1.54) is 24.1 Å². The van der Waals surface area contributed by atoms with E-state index < -0.39 is 17.9 Å². The van der Waals surface area contributed by atoms with Crippen molar-refractivity contribution in [2.75, 3.05) is 13.7 Å². The molecule has 0 radical (unpaired) electrons. The summed E-state index contributed by atoms with van der Waals surface area (Å²) in [6.45, 7) is 0.475. The predicted molar refractivity (Wildman–Crippen MR) is 74.9 cm³/mol. The van der Waals surface area contributed by atoms with Gasteiger partial charge in [-0.3, -0.25) is 4.79 Å². The second-order valence-corrected chi connectivity index (χ2v) is 5.29. The van der Waals surface area contributed by atoms with Gasteiger partial charge in [-0.1, -0.05) is 23.2 Å². The van der Waals surface area contributed by atoms with Crippen LogP contribution in [0.15, 0.2) is 12.1 Å². The summed E-state index contributed by atoms with van der Waals surface area (Å²) in [5.41, 5.74) is 0.0648. The summed E-state index contributed by atoms with van der Waals surface area (Å²) in [4.78, 5) is 29.7. The number of carbonyl (C=O) groups excluding carboxylic acids is 2. The Morgan fingerprint density at radius 1 is 1.35 bits per heavy atom. The third-order valence-corrected chi connectivity index (χ3v) is 3.77. The molecule has 2 rings (SSSR count). The number of hydrogen-bond acceptors (Lipinski definition) is 4. The number of pyridine rings is 1. The molecule has 1 fully saturated rings. The Kier molecular flexibility index (Phi) is 4.83. The summed E-state index contributed by atoms with van der Waals surface area (Å²) in [7, 11) is 1.31. The first-order valence-corrected chi connectivity index (χ1v) is 7.01. The maximum absolute atomic E-state index is 12.5. The molecule has 0 aromatic carbocycles. The zero-order valence-corrected chi connectivity index (χ0v) is 12.4. The second kappa shape index (κ2) is 6.41. The van der Waals surface area contributed by atoms with Gasteiger partial charge in [0.1, 0.15) is 16.9 Å². The van der Waals surface area contributed by atoms with Crippen LogP contribution in [0.4, 0.5) is 0 Å². The number of rotatable bonds is 2. The second-order valence-electron chi connectivity index (χ2n) is 4.50. The number of aromatic nitrogens is 1. The van der Waals surface area contributed by atoms with Gasteiger partial charge in [-0.25, -0.2) is 9.78 Å². The van der Waals surface area contributed by atoms with Crippen molar-refractivity contribution in [2.45, 2.75) is 25.3 Å². The Morgan fingerprint density at radius 2 is 2.10 bits per heavy atom. The molecule has 7 heteroatoms. The molecule has 1 aliphatic heterocycles. The minimum atomic E-state index is -0.585. The number of halogens is 2. The average Bonchev–Trinajstić information content (AvgIpc) is 2.48. The molecule has 108 valence electrons. The summed E-state index contributed by atoms with van der Waals surface area (Å²) in [6.07, 6.45) is 2.29. The first kappa shape index (κ1) is 15.1. The smallest absolute Gasteiger partial charge is 0.328 e. The number of likely N-dealkylation sites (tertiary alicyclic amines) is 1. The topological polar surface area (TPSA) is 59.5 Å². The number of ether oxygens (including phenoxy) is 1. The molecule has 20 heavy (non-hydrogen) atoms. The lowest BCUT2D eigenvalue weighted by molar-refractivity contribution is -0.147. The van der Waals surface area contributed by atoms with Crippen LogP contribution in [-0.2, 0) is 9.53 Å². The number of methoxy groups -OCH3 is 1. The number of esters is 1. The fraction of sp³-hybridized carbons (Fsp3) is 0.462. The quantitative estimate of drug-likeness (QED) is 0.621. The number of nitrogens with zero attached hydrogens (tertiary/aromatic N) is 2. The molecule has 1 saturated heterocycles. The van der Waals surface area contributed by atoms with Gasteiger partial charge >= 0.3 is 5.97 Å². The molecular formula is C13H14Cl2N2O3. The van der Waals surface area contributed by atoms with Crippen LogP contribution in [0, 0.1) is 0 Å². The van der Waals surface area contributed by atoms with E-state index in [2.05, 4.69) is 4.98 Å². The van der Waals surface area contributed by atoms with Crippen LogP contribution in [0.25, 0.3) is 0 Å². The van der Waals surface area contributed by atoms with Crippen molar-refractivity contribution in [3.8, 4) is 0 Å². The maximum Gasteiger partial charge on any atom is 0.328 e. The molecule has 1 aromatic heterocycles. The first-order valence-electron chi connectivity index (χ1n) is 6.25. The van der Waals surface area contributed by atoms with Crippen LogP contribution in [0.1, 0.15) is 29.8 Å². The Labute approximate surface area is 126 Å². The molecule has 1 aromatic rings. The Balaban J connectivity index is 2.30. The molecule has 1 aliphatic rings. The van der Waals surface area contributed by atoms with Crippen molar-refractivity contribution in [1.82, 2.24) is 9.88 Å². The zero-order valence-electron chi connectivity index (χ0n) is 10.9. The van der Waals surface area contributed by atoms with Crippen LogP contribution in [-0.4, -0.2) is 41.5 Å². The van der Waals surface area contributed by atoms with Gasteiger partial charge < -0.3 is 9.64 Å². The van der Waals surface area contributed by atoms with Crippen LogP contribution >= 0.6 is 23.2 Å². The summed E-state index contributed by atoms with van der Waals surface area (Å²) in [5.74, 6) is -0.816. The van der Waals surface area contributed by atoms with Crippen molar-refractivity contribution < 1.29 is 14.3 Å². The van der Waals surface area contributed by atoms with Gasteiger partial charge in [-0.15, -0.1) is 0 Å². The summed E-state index contributed by atoms with van der Waals surface area (Å²) in [5, 5.41) is 0.401. The number of amides is 1. The van der Waals surface area contributed by atoms with Crippen molar-refractivity contribution in [3.05, 3.63) is 28.0 Å². The van der Waals surface area contributed by atoms with Crippen LogP contribution in [0.2, 0.25) is 10.2 Å². The van der Waals surface area contributed by atoms with E-state index in [9.17, 15) is 9.59 Å². The SMILES string of the molecule is COC(=O)[C@H]1CCCCN1C(=O)c1nc(Cl)ccc1Cl. The third kappa shape index (κ3) is 3.04. The molecule has 2 heterocycles. The van der Waals surface area contributed by atoms with Crippen LogP contribution in [0.5, 0.6) is 0 Å². The van der Waals surface area contributed by atoms with E-state index in [0.717, 1.165) is 12.8 Å². The Hall–Kier alpha value is -1.33. The Bertz CT molecular complexity index is 536. The van der Waals surface area contributed by atoms with E-state index in [1.807, 2.05) is 0 Å². The van der Waals surface area contributed by atoms with Gasteiger partial charge in [-0.2, -0.15) is 0 Å². The summed E-state index contributed by atoms with van der Waals surface area (Å²) in [6, 6.07) is 2.44. The number of carbonyl (C=O) groups is 2. The largest absolute Gasteiger partial charge is 0.467 e. The number of hydrogen-bond donors (Lipinski definition) is 0. The summed E-state index contributed by atoms with van der Waals surface area (Å²) < 4.78 is 4.75. The number of piperidine rings is 1. The van der Waals surface area contributed by atoms with Crippen molar-refractivity contribution >= 4 is 35.1 Å². The molecule has 0 bridgehead atoms. The molecule has 0 unspecified atom stereocenters. The predicted octanol–water partition coefficient (Wildman–Crippen LogP) is 2.56. The molecule has 1 atom stereocenters. The minimum Gasteiger partial charge on any atom is -0.467 e.